The van der Waals surface area contributed by atoms with E-state index in [1.54, 1.807) is 25.3 Å². The monoisotopic (exact) mass is 298 g/mol. The maximum Gasteiger partial charge on any atom is 0.240 e. The average molecular weight is 299 g/mol. The molecule has 1 fully saturated rings. The SMILES string of the molecule is COc1cccc(Cl)c1CNC(=O)C1(N)CCOCC1. The first-order chi connectivity index (χ1) is 9.57. The van der Waals surface area contributed by atoms with Gasteiger partial charge in [0.25, 0.3) is 0 Å². The van der Waals surface area contributed by atoms with Crippen LogP contribution in [0, 0.1) is 0 Å². The van der Waals surface area contributed by atoms with Gasteiger partial charge in [0.1, 0.15) is 5.75 Å². The Hall–Kier alpha value is -1.30. The van der Waals surface area contributed by atoms with Gasteiger partial charge in [-0.3, -0.25) is 4.79 Å². The molecule has 1 aliphatic heterocycles. The summed E-state index contributed by atoms with van der Waals surface area (Å²) < 4.78 is 10.5. The van der Waals surface area contributed by atoms with Crippen LogP contribution in [0.1, 0.15) is 18.4 Å². The fraction of sp³-hybridized carbons (Fsp3) is 0.500. The fourth-order valence-corrected chi connectivity index (χ4v) is 2.44. The van der Waals surface area contributed by atoms with E-state index in [9.17, 15) is 4.79 Å². The minimum Gasteiger partial charge on any atom is -0.496 e. The van der Waals surface area contributed by atoms with Crippen molar-refractivity contribution in [1.29, 1.82) is 0 Å². The molecular weight excluding hydrogens is 280 g/mol. The highest BCUT2D eigenvalue weighted by Gasteiger charge is 2.35. The van der Waals surface area contributed by atoms with Gasteiger partial charge in [0.05, 0.1) is 12.6 Å². The molecule has 2 rings (SSSR count). The highest BCUT2D eigenvalue weighted by atomic mass is 35.5. The van der Waals surface area contributed by atoms with Crippen LogP contribution in [0.25, 0.3) is 0 Å². The highest BCUT2D eigenvalue weighted by Crippen LogP contribution is 2.26. The molecule has 0 saturated carbocycles. The molecule has 0 spiro atoms. The number of ether oxygens (including phenoxy) is 2. The molecule has 0 aromatic heterocycles. The Morgan fingerprint density at radius 3 is 2.85 bits per heavy atom. The van der Waals surface area contributed by atoms with E-state index >= 15 is 0 Å². The first kappa shape index (κ1) is 15.1. The van der Waals surface area contributed by atoms with Gasteiger partial charge < -0.3 is 20.5 Å². The molecule has 0 bridgehead atoms. The quantitative estimate of drug-likeness (QED) is 0.883. The number of carbonyl (C=O) groups is 1. The van der Waals surface area contributed by atoms with Gasteiger partial charge in [-0.15, -0.1) is 0 Å². The minimum atomic E-state index is -0.854. The number of hydrogen-bond donors (Lipinski definition) is 2. The van der Waals surface area contributed by atoms with Crippen molar-refractivity contribution in [1.82, 2.24) is 5.32 Å². The Balaban J connectivity index is 2.03. The summed E-state index contributed by atoms with van der Waals surface area (Å²) in [4.78, 5) is 12.2. The lowest BCUT2D eigenvalue weighted by atomic mass is 9.90. The van der Waals surface area contributed by atoms with Gasteiger partial charge in [-0.1, -0.05) is 17.7 Å². The second kappa shape index (κ2) is 6.43. The van der Waals surface area contributed by atoms with E-state index in [-0.39, 0.29) is 5.91 Å². The van der Waals surface area contributed by atoms with Crippen LogP contribution in [0.4, 0.5) is 0 Å². The van der Waals surface area contributed by atoms with Crippen LogP contribution in [-0.2, 0) is 16.1 Å². The van der Waals surface area contributed by atoms with Crippen LogP contribution in [0.5, 0.6) is 5.75 Å². The number of carbonyl (C=O) groups excluding carboxylic acids is 1. The first-order valence-electron chi connectivity index (χ1n) is 6.53. The van der Waals surface area contributed by atoms with Gasteiger partial charge in [-0.05, 0) is 25.0 Å². The summed E-state index contributed by atoms with van der Waals surface area (Å²) in [5, 5.41) is 3.40. The Morgan fingerprint density at radius 1 is 1.50 bits per heavy atom. The van der Waals surface area contributed by atoms with Crippen molar-refractivity contribution in [3.8, 4) is 5.75 Å². The highest BCUT2D eigenvalue weighted by molar-refractivity contribution is 6.31. The molecule has 1 amide bonds. The lowest BCUT2D eigenvalue weighted by Crippen LogP contribution is -2.56. The van der Waals surface area contributed by atoms with Gasteiger partial charge in [-0.25, -0.2) is 0 Å². The zero-order chi connectivity index (χ0) is 14.6. The van der Waals surface area contributed by atoms with Gasteiger partial charge >= 0.3 is 0 Å². The van der Waals surface area contributed by atoms with E-state index < -0.39 is 5.54 Å². The first-order valence-corrected chi connectivity index (χ1v) is 6.91. The standard InChI is InChI=1S/C14H19ClN2O3/c1-19-12-4-2-3-11(15)10(12)9-17-13(18)14(16)5-7-20-8-6-14/h2-4H,5-9,16H2,1H3,(H,17,18). The van der Waals surface area contributed by atoms with E-state index in [2.05, 4.69) is 5.32 Å². The largest absolute Gasteiger partial charge is 0.496 e. The number of benzene rings is 1. The molecular formula is C14H19ClN2O3. The number of nitrogens with two attached hydrogens (primary N) is 1. The zero-order valence-corrected chi connectivity index (χ0v) is 12.2. The molecule has 0 aliphatic carbocycles. The summed E-state index contributed by atoms with van der Waals surface area (Å²) in [6, 6.07) is 5.37. The van der Waals surface area contributed by atoms with Crippen molar-refractivity contribution in [3.63, 3.8) is 0 Å². The van der Waals surface area contributed by atoms with Crippen LogP contribution in [0.15, 0.2) is 18.2 Å². The number of amides is 1. The van der Waals surface area contributed by atoms with Crippen molar-refractivity contribution in [2.45, 2.75) is 24.9 Å². The summed E-state index contributed by atoms with van der Waals surface area (Å²) in [5.74, 6) is 0.471. The number of methoxy groups -OCH3 is 1. The third-order valence-corrected chi connectivity index (χ3v) is 3.91. The number of hydrogen-bond acceptors (Lipinski definition) is 4. The smallest absolute Gasteiger partial charge is 0.240 e. The number of halogens is 1. The Kier molecular flexibility index (Phi) is 4.86. The number of nitrogens with one attached hydrogen (secondary N) is 1. The number of rotatable bonds is 4. The van der Waals surface area contributed by atoms with Crippen molar-refractivity contribution < 1.29 is 14.3 Å². The van der Waals surface area contributed by atoms with E-state index in [1.165, 1.54) is 0 Å². The lowest BCUT2D eigenvalue weighted by molar-refractivity contribution is -0.129. The van der Waals surface area contributed by atoms with Crippen molar-refractivity contribution in [3.05, 3.63) is 28.8 Å². The Bertz CT molecular complexity index is 487. The lowest BCUT2D eigenvalue weighted by Gasteiger charge is -2.31. The van der Waals surface area contributed by atoms with Crippen molar-refractivity contribution >= 4 is 17.5 Å². The molecule has 1 heterocycles. The normalized spacial score (nSPS) is 17.6. The van der Waals surface area contributed by atoms with E-state index in [0.29, 0.717) is 43.4 Å². The molecule has 6 heteroatoms. The summed E-state index contributed by atoms with van der Waals surface area (Å²) in [6.07, 6.45) is 1.05. The summed E-state index contributed by atoms with van der Waals surface area (Å²) in [5.41, 5.74) is 6.02. The molecule has 0 radical (unpaired) electrons. The van der Waals surface area contributed by atoms with Gasteiger partial charge in [-0.2, -0.15) is 0 Å². The maximum absolute atomic E-state index is 12.2. The average Bonchev–Trinajstić information content (AvgIpc) is 2.46. The third kappa shape index (κ3) is 3.23. The molecule has 1 aromatic rings. The van der Waals surface area contributed by atoms with Crippen LogP contribution in [-0.4, -0.2) is 31.8 Å². The molecule has 110 valence electrons. The summed E-state index contributed by atoms with van der Waals surface area (Å²) in [6.45, 7) is 1.32. The fourth-order valence-electron chi connectivity index (χ4n) is 2.21. The molecule has 1 saturated heterocycles. The predicted molar refractivity (Wildman–Crippen MR) is 76.8 cm³/mol. The molecule has 0 unspecified atom stereocenters. The molecule has 5 nitrogen and oxygen atoms in total. The second-order valence-electron chi connectivity index (χ2n) is 4.87. The summed E-state index contributed by atoms with van der Waals surface area (Å²) in [7, 11) is 1.57. The molecule has 1 aromatic carbocycles. The molecule has 1 aliphatic rings. The predicted octanol–water partition coefficient (Wildman–Crippen LogP) is 1.47. The molecule has 0 atom stereocenters. The van der Waals surface area contributed by atoms with Gasteiger partial charge in [0, 0.05) is 30.3 Å². The molecule has 3 N–H and O–H groups in total. The second-order valence-corrected chi connectivity index (χ2v) is 5.28. The van der Waals surface area contributed by atoms with Crippen LogP contribution >= 0.6 is 11.6 Å². The van der Waals surface area contributed by atoms with Crippen molar-refractivity contribution in [2.75, 3.05) is 20.3 Å². The van der Waals surface area contributed by atoms with E-state index in [0.717, 1.165) is 5.56 Å². The van der Waals surface area contributed by atoms with Gasteiger partial charge in [0.15, 0.2) is 0 Å². The van der Waals surface area contributed by atoms with Crippen molar-refractivity contribution in [2.24, 2.45) is 5.73 Å². The Morgan fingerprint density at radius 2 is 2.20 bits per heavy atom. The van der Waals surface area contributed by atoms with Crippen LogP contribution in [0.2, 0.25) is 5.02 Å². The topological polar surface area (TPSA) is 73.6 Å². The third-order valence-electron chi connectivity index (χ3n) is 3.56. The molecule has 20 heavy (non-hydrogen) atoms. The van der Waals surface area contributed by atoms with Gasteiger partial charge in [0.2, 0.25) is 5.91 Å². The van der Waals surface area contributed by atoms with Crippen LogP contribution in [0.3, 0.4) is 0 Å². The zero-order valence-electron chi connectivity index (χ0n) is 11.4. The van der Waals surface area contributed by atoms with E-state index in [4.69, 9.17) is 26.8 Å². The van der Waals surface area contributed by atoms with Crippen LogP contribution < -0.4 is 15.8 Å². The van der Waals surface area contributed by atoms with E-state index in [1.807, 2.05) is 0 Å². The minimum absolute atomic E-state index is 0.178. The Labute approximate surface area is 123 Å². The maximum atomic E-state index is 12.2. The summed E-state index contributed by atoms with van der Waals surface area (Å²) >= 11 is 6.13.